The molecule has 8 nitrogen and oxygen atoms in total. The Morgan fingerprint density at radius 3 is 2.48 bits per heavy atom. The molecule has 1 aromatic rings. The fraction of sp³-hybridized carbons (Fsp3) is 0.640. The molecule has 33 heavy (non-hydrogen) atoms. The average molecular weight is 458 g/mol. The van der Waals surface area contributed by atoms with Crippen molar-refractivity contribution in [2.75, 3.05) is 13.7 Å². The highest BCUT2D eigenvalue weighted by molar-refractivity contribution is 5.94. The second-order valence-corrected chi connectivity index (χ2v) is 10.6. The van der Waals surface area contributed by atoms with Crippen molar-refractivity contribution in [3.05, 3.63) is 28.8 Å². The number of rotatable bonds is 7. The number of nitrogens with one attached hydrogen (secondary N) is 1. The number of hydrogen-bond donors (Lipinski definition) is 4. The Morgan fingerprint density at radius 2 is 1.88 bits per heavy atom. The summed E-state index contributed by atoms with van der Waals surface area (Å²) in [5.74, 6) is -1.49. The number of fused-ring (bicyclic) bond motifs is 1. The topological polar surface area (TPSA) is 133 Å². The predicted octanol–water partition coefficient (Wildman–Crippen LogP) is 1.83. The van der Waals surface area contributed by atoms with Gasteiger partial charge in [-0.3, -0.25) is 14.4 Å². The van der Waals surface area contributed by atoms with Gasteiger partial charge in [0.1, 0.15) is 11.5 Å². The van der Waals surface area contributed by atoms with Gasteiger partial charge in [-0.1, -0.05) is 0 Å². The van der Waals surface area contributed by atoms with Crippen molar-refractivity contribution in [3.63, 3.8) is 0 Å². The molecule has 4 N–H and O–H groups in total. The molecule has 0 aromatic heterocycles. The first-order valence-electron chi connectivity index (χ1n) is 11.8. The minimum atomic E-state index is -1.62. The van der Waals surface area contributed by atoms with Gasteiger partial charge in [0.15, 0.2) is 0 Å². The first kappa shape index (κ1) is 22.3. The second-order valence-electron chi connectivity index (χ2n) is 10.6. The predicted molar refractivity (Wildman–Crippen MR) is 117 cm³/mol. The van der Waals surface area contributed by atoms with Crippen molar-refractivity contribution >= 4 is 17.7 Å². The molecule has 5 rings (SSSR count). The van der Waals surface area contributed by atoms with Crippen molar-refractivity contribution in [3.8, 4) is 5.75 Å². The van der Waals surface area contributed by atoms with Crippen molar-refractivity contribution < 1.29 is 34.4 Å². The van der Waals surface area contributed by atoms with Crippen molar-refractivity contribution in [2.45, 2.75) is 74.8 Å². The Bertz CT molecular complexity index is 1020. The number of ketones is 1. The number of benzene rings is 1. The van der Waals surface area contributed by atoms with Crippen LogP contribution in [-0.2, 0) is 32.6 Å². The van der Waals surface area contributed by atoms with Crippen LogP contribution in [0.25, 0.3) is 0 Å². The lowest BCUT2D eigenvalue weighted by atomic mass is 9.44. The third-order valence-corrected chi connectivity index (χ3v) is 8.67. The van der Waals surface area contributed by atoms with Crippen LogP contribution >= 0.6 is 0 Å². The van der Waals surface area contributed by atoms with Gasteiger partial charge in [-0.25, -0.2) is 0 Å². The number of carbonyl (C=O) groups is 3. The van der Waals surface area contributed by atoms with Crippen molar-refractivity contribution in [2.24, 2.45) is 11.3 Å². The number of aliphatic hydroxyl groups is 1. The fourth-order valence-electron chi connectivity index (χ4n) is 6.96. The smallest absolute Gasteiger partial charge is 0.304 e. The molecule has 1 aliphatic heterocycles. The van der Waals surface area contributed by atoms with Crippen LogP contribution < -0.4 is 10.1 Å². The van der Waals surface area contributed by atoms with Crippen LogP contribution in [-0.4, -0.2) is 58.3 Å². The Kier molecular flexibility index (Phi) is 5.10. The molecule has 1 aromatic carbocycles. The highest BCUT2D eigenvalue weighted by Gasteiger charge is 2.68. The van der Waals surface area contributed by atoms with E-state index in [1.807, 2.05) is 6.07 Å². The molecule has 8 heteroatoms. The van der Waals surface area contributed by atoms with E-state index >= 15 is 0 Å². The maximum absolute atomic E-state index is 13.6. The van der Waals surface area contributed by atoms with Crippen LogP contribution in [0.2, 0.25) is 0 Å². The number of piperidine rings is 1. The molecule has 0 unspecified atom stereocenters. The van der Waals surface area contributed by atoms with Gasteiger partial charge in [0.2, 0.25) is 0 Å². The van der Waals surface area contributed by atoms with Crippen LogP contribution in [0.1, 0.15) is 61.6 Å². The number of hydrogen-bond acceptors (Lipinski definition) is 6. The van der Waals surface area contributed by atoms with Crippen LogP contribution in [0.5, 0.6) is 5.75 Å². The molecule has 4 aliphatic rings. The van der Waals surface area contributed by atoms with Gasteiger partial charge in [-0.15, -0.1) is 0 Å². The lowest BCUT2D eigenvalue weighted by molar-refractivity contribution is -0.181. The number of ether oxygens (including phenoxy) is 1. The summed E-state index contributed by atoms with van der Waals surface area (Å²) in [6.45, 7) is 0.625. The number of carboxylic acids is 2. The van der Waals surface area contributed by atoms with E-state index in [2.05, 4.69) is 11.4 Å². The minimum Gasteiger partial charge on any atom is -0.497 e. The van der Waals surface area contributed by atoms with E-state index in [0.29, 0.717) is 31.1 Å². The first-order chi connectivity index (χ1) is 15.6. The number of methoxy groups -OCH3 is 1. The molecule has 2 saturated carbocycles. The molecule has 0 radical (unpaired) electrons. The van der Waals surface area contributed by atoms with Crippen LogP contribution in [0, 0.1) is 11.3 Å². The molecular weight excluding hydrogens is 426 g/mol. The average Bonchev–Trinajstić information content (AvgIpc) is 3.52. The second kappa shape index (κ2) is 7.53. The Hall–Kier alpha value is -2.45. The minimum absolute atomic E-state index is 0.0642. The van der Waals surface area contributed by atoms with Crippen molar-refractivity contribution in [1.29, 1.82) is 0 Å². The Morgan fingerprint density at radius 1 is 1.18 bits per heavy atom. The van der Waals surface area contributed by atoms with Gasteiger partial charge in [0, 0.05) is 17.9 Å². The van der Waals surface area contributed by atoms with E-state index in [4.69, 9.17) is 4.74 Å². The third kappa shape index (κ3) is 3.37. The molecule has 178 valence electrons. The Balaban J connectivity index is 1.67. The summed E-state index contributed by atoms with van der Waals surface area (Å²) in [7, 11) is 1.61. The molecule has 1 saturated heterocycles. The summed E-state index contributed by atoms with van der Waals surface area (Å²) < 4.78 is 5.61. The highest BCUT2D eigenvalue weighted by Crippen LogP contribution is 2.61. The van der Waals surface area contributed by atoms with Crippen LogP contribution in [0.3, 0.4) is 0 Å². The van der Waals surface area contributed by atoms with E-state index in [1.165, 1.54) is 18.4 Å². The van der Waals surface area contributed by atoms with Gasteiger partial charge in [-0.2, -0.15) is 0 Å². The zero-order valence-corrected chi connectivity index (χ0v) is 18.9. The standard InChI is InChI=1S/C25H31NO7/c1-33-16-7-15(6-14-2-3-14)17-9-19-25(32)13-23(11-21(28)29,12-22(30)31)20(27)10-24(25,4-5-26-19)18(17)8-16/h7-8,14,19,26,32H,2-6,9-13H2,1H3,(H,28,29)(H,30,31)/t19-,24-,25-/m1/s1. The van der Waals surface area contributed by atoms with Gasteiger partial charge < -0.3 is 25.4 Å². The summed E-state index contributed by atoms with van der Waals surface area (Å²) in [6.07, 6.45) is 2.99. The molecule has 1 heterocycles. The van der Waals surface area contributed by atoms with Crippen LogP contribution in [0.15, 0.2) is 12.1 Å². The molecule has 2 bridgehead atoms. The van der Waals surface area contributed by atoms with Crippen molar-refractivity contribution in [1.82, 2.24) is 5.32 Å². The van der Waals surface area contributed by atoms with E-state index in [-0.39, 0.29) is 24.7 Å². The largest absolute Gasteiger partial charge is 0.497 e. The van der Waals surface area contributed by atoms with E-state index in [9.17, 15) is 29.7 Å². The van der Waals surface area contributed by atoms with E-state index in [1.54, 1.807) is 7.11 Å². The number of carboxylic acid groups (broad SMARTS) is 2. The quantitative estimate of drug-likeness (QED) is 0.487. The molecule has 3 atom stereocenters. The molecule has 3 fully saturated rings. The monoisotopic (exact) mass is 457 g/mol. The fourth-order valence-corrected chi connectivity index (χ4v) is 6.96. The number of Topliss-reactive ketones (excluding diaryl/α,β-unsaturated/α-hetero) is 1. The SMILES string of the molecule is COc1cc(CC2CC2)c2c(c1)[C@]13CCN[C@H](C2)[C@]1(O)CC(CC(=O)O)(CC(=O)O)C(=O)C3. The molecular formula is C25H31NO7. The van der Waals surface area contributed by atoms with Gasteiger partial charge in [0.05, 0.1) is 31.0 Å². The zero-order valence-electron chi connectivity index (χ0n) is 18.9. The Labute approximate surface area is 192 Å². The third-order valence-electron chi connectivity index (χ3n) is 8.67. The lowest BCUT2D eigenvalue weighted by Gasteiger charge is -2.63. The summed E-state index contributed by atoms with van der Waals surface area (Å²) in [5.41, 5.74) is -0.671. The first-order valence-corrected chi connectivity index (χ1v) is 11.8. The van der Waals surface area contributed by atoms with Gasteiger partial charge in [-0.05, 0) is 79.8 Å². The highest BCUT2D eigenvalue weighted by atomic mass is 16.5. The van der Waals surface area contributed by atoms with Crippen LogP contribution in [0.4, 0.5) is 0 Å². The number of carbonyl (C=O) groups excluding carboxylic acids is 1. The number of aliphatic carboxylic acids is 2. The van der Waals surface area contributed by atoms with E-state index in [0.717, 1.165) is 17.5 Å². The molecule has 0 spiro atoms. The maximum atomic E-state index is 13.6. The van der Waals surface area contributed by atoms with Gasteiger partial charge >= 0.3 is 11.9 Å². The normalized spacial score (nSPS) is 31.9. The van der Waals surface area contributed by atoms with Gasteiger partial charge in [0.25, 0.3) is 0 Å². The maximum Gasteiger partial charge on any atom is 0.304 e. The summed E-state index contributed by atoms with van der Waals surface area (Å²) >= 11 is 0. The summed E-state index contributed by atoms with van der Waals surface area (Å²) in [5, 5.41) is 34.8. The molecule has 0 amide bonds. The summed E-state index contributed by atoms with van der Waals surface area (Å²) in [6, 6.07) is 3.63. The van der Waals surface area contributed by atoms with E-state index < -0.39 is 41.2 Å². The lowest BCUT2D eigenvalue weighted by Crippen LogP contribution is -2.75. The zero-order chi connectivity index (χ0) is 23.6. The summed E-state index contributed by atoms with van der Waals surface area (Å²) in [4.78, 5) is 37.0. The molecule has 3 aliphatic carbocycles.